The summed E-state index contributed by atoms with van der Waals surface area (Å²) in [4.78, 5) is 24.7. The van der Waals surface area contributed by atoms with Gasteiger partial charge in [0.1, 0.15) is 5.75 Å². The highest BCUT2D eigenvalue weighted by molar-refractivity contribution is 7.89. The number of nitrogens with one attached hydrogen (secondary N) is 1. The van der Waals surface area contributed by atoms with Crippen molar-refractivity contribution in [2.24, 2.45) is 0 Å². The number of carbonyl (C=O) groups excluding carboxylic acids is 2. The molecule has 0 aliphatic carbocycles. The first kappa shape index (κ1) is 20.8. The summed E-state index contributed by atoms with van der Waals surface area (Å²) >= 11 is 0. The van der Waals surface area contributed by atoms with Crippen molar-refractivity contribution < 1.29 is 27.5 Å². The molecular weight excluding hydrogens is 396 g/mol. The number of rotatable bonds is 8. The molecule has 2 aromatic carbocycles. The maximum absolute atomic E-state index is 12.9. The summed E-state index contributed by atoms with van der Waals surface area (Å²) in [5.41, 5.74) is 0.614. The number of amides is 2. The average molecular weight is 418 g/mol. The Balaban J connectivity index is 1.84. The lowest BCUT2D eigenvalue weighted by atomic mass is 10.1. The molecule has 1 aliphatic rings. The third kappa shape index (κ3) is 5.12. The van der Waals surface area contributed by atoms with Gasteiger partial charge in [0.2, 0.25) is 10.0 Å². The zero-order valence-electron chi connectivity index (χ0n) is 16.1. The predicted molar refractivity (Wildman–Crippen MR) is 105 cm³/mol. The van der Waals surface area contributed by atoms with Crippen molar-refractivity contribution in [3.05, 3.63) is 60.2 Å². The number of imide groups is 1. The van der Waals surface area contributed by atoms with E-state index < -0.39 is 28.1 Å². The standard InChI is InChI=1S/C20H22N2O6S/c1-14(2)28-16-8-10-17(11-9-16)29(25,26)21-18(15-6-4-3-5-7-15)12-22-19(23)13-27-20(22)24/h3-11,14,18,21H,12-13H2,1-2H3. The molecule has 1 N–H and O–H groups in total. The molecule has 0 radical (unpaired) electrons. The van der Waals surface area contributed by atoms with Gasteiger partial charge in [0, 0.05) is 0 Å². The molecule has 0 aromatic heterocycles. The molecule has 9 heteroatoms. The van der Waals surface area contributed by atoms with Gasteiger partial charge in [-0.05, 0) is 43.7 Å². The molecule has 2 aromatic rings. The largest absolute Gasteiger partial charge is 0.491 e. The van der Waals surface area contributed by atoms with Gasteiger partial charge in [-0.25, -0.2) is 22.8 Å². The van der Waals surface area contributed by atoms with Crippen LogP contribution in [0.15, 0.2) is 59.5 Å². The lowest BCUT2D eigenvalue weighted by Gasteiger charge is -2.22. The minimum atomic E-state index is -3.93. The van der Waals surface area contributed by atoms with Gasteiger partial charge in [-0.1, -0.05) is 30.3 Å². The summed E-state index contributed by atoms with van der Waals surface area (Å²) < 4.78 is 38.7. The van der Waals surface area contributed by atoms with E-state index in [1.807, 2.05) is 13.8 Å². The molecule has 29 heavy (non-hydrogen) atoms. The molecule has 2 amide bonds. The van der Waals surface area contributed by atoms with Crippen molar-refractivity contribution in [3.63, 3.8) is 0 Å². The van der Waals surface area contributed by atoms with E-state index in [4.69, 9.17) is 9.47 Å². The topological polar surface area (TPSA) is 102 Å². The van der Waals surface area contributed by atoms with Gasteiger partial charge in [-0.3, -0.25) is 4.79 Å². The van der Waals surface area contributed by atoms with E-state index in [0.29, 0.717) is 11.3 Å². The van der Waals surface area contributed by atoms with Crippen LogP contribution in [0.2, 0.25) is 0 Å². The second-order valence-corrected chi connectivity index (χ2v) is 8.50. The van der Waals surface area contributed by atoms with Crippen LogP contribution in [-0.4, -0.2) is 44.6 Å². The van der Waals surface area contributed by atoms with Crippen LogP contribution < -0.4 is 9.46 Å². The second-order valence-electron chi connectivity index (χ2n) is 6.78. The molecular formula is C20H22N2O6S. The van der Waals surface area contributed by atoms with Gasteiger partial charge in [-0.2, -0.15) is 0 Å². The highest BCUT2D eigenvalue weighted by Crippen LogP contribution is 2.22. The van der Waals surface area contributed by atoms with E-state index >= 15 is 0 Å². The quantitative estimate of drug-likeness (QED) is 0.707. The third-order valence-corrected chi connectivity index (χ3v) is 5.70. The third-order valence-electron chi connectivity index (χ3n) is 4.21. The van der Waals surface area contributed by atoms with E-state index in [0.717, 1.165) is 4.90 Å². The summed E-state index contributed by atoms with van der Waals surface area (Å²) in [5.74, 6) is 0.0503. The van der Waals surface area contributed by atoms with E-state index in [-0.39, 0.29) is 24.2 Å². The lowest BCUT2D eigenvalue weighted by Crippen LogP contribution is -2.40. The van der Waals surface area contributed by atoms with Crippen molar-refractivity contribution in [2.75, 3.05) is 13.2 Å². The molecule has 0 spiro atoms. The molecule has 1 heterocycles. The number of nitrogens with zero attached hydrogens (tertiary/aromatic N) is 1. The Bertz CT molecular complexity index is 958. The summed E-state index contributed by atoms with van der Waals surface area (Å²) in [6.45, 7) is 3.24. The van der Waals surface area contributed by atoms with Gasteiger partial charge in [-0.15, -0.1) is 0 Å². The molecule has 1 saturated heterocycles. The number of cyclic esters (lactones) is 1. The van der Waals surface area contributed by atoms with Crippen molar-refractivity contribution >= 4 is 22.0 Å². The monoisotopic (exact) mass is 418 g/mol. The molecule has 154 valence electrons. The molecule has 1 fully saturated rings. The highest BCUT2D eigenvalue weighted by atomic mass is 32.2. The summed E-state index contributed by atoms with van der Waals surface area (Å²) in [5, 5.41) is 0. The first-order chi connectivity index (χ1) is 13.8. The SMILES string of the molecule is CC(C)Oc1ccc(S(=O)(=O)NC(CN2C(=O)COC2=O)c2ccccc2)cc1. The van der Waals surface area contributed by atoms with E-state index in [2.05, 4.69) is 4.72 Å². The minimum absolute atomic E-state index is 0.0317. The predicted octanol–water partition coefficient (Wildman–Crippen LogP) is 2.47. The molecule has 3 rings (SSSR count). The van der Waals surface area contributed by atoms with Crippen LogP contribution in [-0.2, 0) is 19.6 Å². The van der Waals surface area contributed by atoms with Gasteiger partial charge < -0.3 is 9.47 Å². The normalized spacial score (nSPS) is 15.5. The van der Waals surface area contributed by atoms with E-state index in [9.17, 15) is 18.0 Å². The van der Waals surface area contributed by atoms with Crippen molar-refractivity contribution in [3.8, 4) is 5.75 Å². The molecule has 1 unspecified atom stereocenters. The molecule has 0 bridgehead atoms. The summed E-state index contributed by atoms with van der Waals surface area (Å²) in [6, 6.07) is 13.9. The van der Waals surface area contributed by atoms with Crippen LogP contribution >= 0.6 is 0 Å². The van der Waals surface area contributed by atoms with Crippen molar-refractivity contribution in [1.82, 2.24) is 9.62 Å². The van der Waals surface area contributed by atoms with Crippen LogP contribution in [0.5, 0.6) is 5.75 Å². The zero-order chi connectivity index (χ0) is 21.0. The highest BCUT2D eigenvalue weighted by Gasteiger charge is 2.34. The van der Waals surface area contributed by atoms with Crippen LogP contribution in [0.25, 0.3) is 0 Å². The van der Waals surface area contributed by atoms with Crippen molar-refractivity contribution in [2.45, 2.75) is 30.9 Å². The number of hydrogen-bond donors (Lipinski definition) is 1. The Morgan fingerprint density at radius 1 is 1.07 bits per heavy atom. The number of ether oxygens (including phenoxy) is 2. The maximum atomic E-state index is 12.9. The molecule has 1 aliphatic heterocycles. The minimum Gasteiger partial charge on any atom is -0.491 e. The van der Waals surface area contributed by atoms with Crippen LogP contribution in [0, 0.1) is 0 Å². The number of benzene rings is 2. The molecule has 0 saturated carbocycles. The first-order valence-corrected chi connectivity index (χ1v) is 10.6. The lowest BCUT2D eigenvalue weighted by molar-refractivity contribution is -0.126. The Hall–Kier alpha value is -2.91. The number of hydrogen-bond acceptors (Lipinski definition) is 6. The fraction of sp³-hybridized carbons (Fsp3) is 0.300. The Kier molecular flexibility index (Phi) is 6.19. The number of sulfonamides is 1. The first-order valence-electron chi connectivity index (χ1n) is 9.07. The van der Waals surface area contributed by atoms with E-state index in [1.165, 1.54) is 12.1 Å². The van der Waals surface area contributed by atoms with Gasteiger partial charge in [0.15, 0.2) is 6.61 Å². The molecule has 8 nitrogen and oxygen atoms in total. The fourth-order valence-electron chi connectivity index (χ4n) is 2.86. The van der Waals surface area contributed by atoms with Crippen LogP contribution in [0.3, 0.4) is 0 Å². The average Bonchev–Trinajstić information content (AvgIpc) is 3.00. The number of carbonyl (C=O) groups is 2. The Morgan fingerprint density at radius 3 is 2.28 bits per heavy atom. The summed E-state index contributed by atoms with van der Waals surface area (Å²) in [7, 11) is -3.93. The summed E-state index contributed by atoms with van der Waals surface area (Å²) in [6.07, 6.45) is -0.818. The Morgan fingerprint density at radius 2 is 1.72 bits per heavy atom. The zero-order valence-corrected chi connectivity index (χ0v) is 16.9. The van der Waals surface area contributed by atoms with Gasteiger partial charge in [0.25, 0.3) is 5.91 Å². The second kappa shape index (κ2) is 8.62. The van der Waals surface area contributed by atoms with Crippen LogP contribution in [0.4, 0.5) is 4.79 Å². The van der Waals surface area contributed by atoms with Crippen LogP contribution in [0.1, 0.15) is 25.5 Å². The molecule has 1 atom stereocenters. The van der Waals surface area contributed by atoms with Crippen molar-refractivity contribution in [1.29, 1.82) is 0 Å². The van der Waals surface area contributed by atoms with E-state index in [1.54, 1.807) is 42.5 Å². The fourth-order valence-corrected chi connectivity index (χ4v) is 4.08. The maximum Gasteiger partial charge on any atom is 0.417 e. The smallest absolute Gasteiger partial charge is 0.417 e. The van der Waals surface area contributed by atoms with Gasteiger partial charge >= 0.3 is 6.09 Å². The van der Waals surface area contributed by atoms with Gasteiger partial charge in [0.05, 0.1) is 23.6 Å². The Labute approximate surface area is 169 Å².